The molecular weight excluding hydrogens is 1060 g/mol. The number of phenolic OH excluding ortho intramolecular Hbond substituents is 2. The molecule has 9 atom stereocenters. The van der Waals surface area contributed by atoms with Crippen molar-refractivity contribution in [2.24, 2.45) is 22.9 Å². The van der Waals surface area contributed by atoms with E-state index in [2.05, 4.69) is 42.5 Å². The molecule has 4 rings (SSSR count). The maximum absolute atomic E-state index is 14.8. The number of unbranched alkanes of at least 4 members (excludes halogenated alkanes) is 2. The Morgan fingerprint density at radius 2 is 1.15 bits per heavy atom. The lowest BCUT2D eigenvalue weighted by Crippen LogP contribution is -2.63. The number of carbonyl (C=O) groups excluding carboxylic acids is 9. The SMILES string of the molecule is C[C@H]1NC(=O)[C@H](Cc2ccc(O)cc2)NC(=O)[C@H](NC(=O)[C@@H](N)Cc2ccc(O)cc2)C(C)(C)SSC[C@@H](C(=O)N[C@@H](CCCCN)C(=O)N[C@@H](CCCCN)C(N)=O)NC(=O)[C@H](Cc2ccccc2)NC(=O)[C@H](CO)NC1=O. The van der Waals surface area contributed by atoms with Crippen LogP contribution in [0.2, 0.25) is 0 Å². The molecule has 26 heteroatoms. The highest BCUT2D eigenvalue weighted by Crippen LogP contribution is 2.39. The number of benzene rings is 3. The van der Waals surface area contributed by atoms with Crippen molar-refractivity contribution in [2.75, 3.05) is 25.4 Å². The van der Waals surface area contributed by atoms with Crippen molar-refractivity contribution in [1.82, 2.24) is 42.5 Å². The molecule has 9 amide bonds. The average Bonchev–Trinajstić information content (AvgIpc) is 3.41. The molecule has 19 N–H and O–H groups in total. The number of carbonyl (C=O) groups is 9. The van der Waals surface area contributed by atoms with E-state index in [1.807, 2.05) is 0 Å². The number of nitrogens with two attached hydrogens (primary N) is 4. The van der Waals surface area contributed by atoms with E-state index in [4.69, 9.17) is 22.9 Å². The van der Waals surface area contributed by atoms with Gasteiger partial charge in [0.05, 0.1) is 12.6 Å². The second-order valence-corrected chi connectivity index (χ2v) is 22.7. The van der Waals surface area contributed by atoms with Crippen molar-refractivity contribution in [3.05, 3.63) is 95.6 Å². The number of aromatic hydroxyl groups is 2. The number of aliphatic hydroxyl groups is 1. The molecule has 3 aromatic rings. The first-order chi connectivity index (χ1) is 37.5. The zero-order valence-electron chi connectivity index (χ0n) is 44.5. The lowest BCUT2D eigenvalue weighted by molar-refractivity contribution is -0.136. The molecule has 0 aliphatic carbocycles. The summed E-state index contributed by atoms with van der Waals surface area (Å²) in [6, 6.07) is 7.62. The van der Waals surface area contributed by atoms with E-state index < -0.39 is 119 Å². The number of hydrogen-bond donors (Lipinski definition) is 15. The predicted octanol–water partition coefficient (Wildman–Crippen LogP) is -1.74. The van der Waals surface area contributed by atoms with Crippen LogP contribution >= 0.6 is 21.6 Å². The number of primary amides is 1. The summed E-state index contributed by atoms with van der Waals surface area (Å²) >= 11 is 0. The van der Waals surface area contributed by atoms with Gasteiger partial charge in [0.1, 0.15) is 59.8 Å². The summed E-state index contributed by atoms with van der Waals surface area (Å²) < 4.78 is -1.37. The summed E-state index contributed by atoms with van der Waals surface area (Å²) in [6.45, 7) is 4.14. The molecule has 0 bridgehead atoms. The normalized spacial score (nSPS) is 21.7. The Labute approximate surface area is 467 Å². The molecule has 3 aromatic carbocycles. The lowest BCUT2D eigenvalue weighted by Gasteiger charge is -2.35. The van der Waals surface area contributed by atoms with Crippen LogP contribution in [0.25, 0.3) is 0 Å². The Bertz CT molecular complexity index is 2530. The quantitative estimate of drug-likeness (QED) is 0.0392. The monoisotopic (exact) mass is 1140 g/mol. The van der Waals surface area contributed by atoms with E-state index in [0.717, 1.165) is 21.6 Å². The number of nitrogens with one attached hydrogen (secondary N) is 8. The molecule has 0 radical (unpaired) electrons. The van der Waals surface area contributed by atoms with E-state index in [-0.39, 0.29) is 55.9 Å². The number of aliphatic hydroxyl groups excluding tert-OH is 1. The van der Waals surface area contributed by atoms with Crippen LogP contribution < -0.4 is 65.5 Å². The number of amides is 9. The number of hydrogen-bond acceptors (Lipinski definition) is 17. The molecule has 1 fully saturated rings. The Kier molecular flexibility index (Phi) is 26.3. The van der Waals surface area contributed by atoms with Crippen LogP contribution in [0, 0.1) is 0 Å². The molecule has 0 aromatic heterocycles. The largest absolute Gasteiger partial charge is 0.508 e. The van der Waals surface area contributed by atoms with Crippen LogP contribution in [-0.2, 0) is 62.4 Å². The van der Waals surface area contributed by atoms with Crippen molar-refractivity contribution in [3.8, 4) is 11.5 Å². The molecule has 1 heterocycles. The van der Waals surface area contributed by atoms with Crippen molar-refractivity contribution in [2.45, 2.75) is 138 Å². The second-order valence-electron chi connectivity index (χ2n) is 19.7. The van der Waals surface area contributed by atoms with Gasteiger partial charge in [0.25, 0.3) is 0 Å². The van der Waals surface area contributed by atoms with E-state index in [0.29, 0.717) is 48.9 Å². The fourth-order valence-electron chi connectivity index (χ4n) is 8.16. The van der Waals surface area contributed by atoms with Crippen LogP contribution in [0.3, 0.4) is 0 Å². The molecule has 432 valence electrons. The first-order valence-electron chi connectivity index (χ1n) is 25.9. The zero-order valence-corrected chi connectivity index (χ0v) is 46.2. The van der Waals surface area contributed by atoms with Gasteiger partial charge in [-0.25, -0.2) is 0 Å². The Morgan fingerprint density at radius 3 is 1.71 bits per heavy atom. The Balaban J connectivity index is 1.82. The van der Waals surface area contributed by atoms with Gasteiger partial charge in [-0.1, -0.05) is 76.2 Å². The zero-order chi connectivity index (χ0) is 58.2. The maximum atomic E-state index is 14.8. The summed E-state index contributed by atoms with van der Waals surface area (Å²) in [5.74, 6) is -8.20. The van der Waals surface area contributed by atoms with Gasteiger partial charge in [0, 0.05) is 23.3 Å². The lowest BCUT2D eigenvalue weighted by atomic mass is 9.98. The molecular formula is C53H76N12O12S2. The topological polar surface area (TPSA) is 415 Å². The molecule has 0 saturated carbocycles. The third kappa shape index (κ3) is 21.3. The van der Waals surface area contributed by atoms with E-state index >= 15 is 0 Å². The summed E-state index contributed by atoms with van der Waals surface area (Å²) in [6.07, 6.45) is 1.69. The van der Waals surface area contributed by atoms with Gasteiger partial charge in [-0.2, -0.15) is 0 Å². The highest BCUT2D eigenvalue weighted by Gasteiger charge is 2.41. The van der Waals surface area contributed by atoms with Gasteiger partial charge in [0.15, 0.2) is 0 Å². The van der Waals surface area contributed by atoms with Gasteiger partial charge in [-0.15, -0.1) is 0 Å². The summed E-state index contributed by atoms with van der Waals surface area (Å²) in [4.78, 5) is 126. The van der Waals surface area contributed by atoms with Crippen molar-refractivity contribution < 1.29 is 58.5 Å². The standard InChI is InChI=1S/C53H76N12O12S2/c1-30-45(70)63-41(28-66)50(75)61-40(26-31-11-5-4-6-12-31)49(74)64-42(51(76)60-38(14-8-10-24-55)47(72)59-37(44(57)69)13-7-9-23-54)29-78-79-53(2,3)43(65-46(71)36(56)25-32-15-19-34(67)20-16-32)52(77)62-39(48(73)58-30)27-33-17-21-35(68)22-18-33/h4-6,11-12,15-22,30,36-43,66-68H,7-10,13-14,23-29,54-56H2,1-3H3,(H2,57,69)(H,58,73)(H,59,72)(H,60,76)(H,61,75)(H,62,77)(H,63,70)(H,64,74)(H,65,71)/t30-,36+,37+,38+,39+,40+,41+,42+,43+/m1/s1. The summed E-state index contributed by atoms with van der Waals surface area (Å²) in [5, 5.41) is 51.3. The van der Waals surface area contributed by atoms with Crippen molar-refractivity contribution >= 4 is 74.8 Å². The third-order valence-electron chi connectivity index (χ3n) is 12.8. The second kappa shape index (κ2) is 32.2. The van der Waals surface area contributed by atoms with Crippen LogP contribution in [-0.4, -0.2) is 153 Å². The maximum Gasteiger partial charge on any atom is 0.245 e. The summed E-state index contributed by atoms with van der Waals surface area (Å²) in [7, 11) is 2.00. The minimum absolute atomic E-state index is 0.0118. The molecule has 1 aliphatic heterocycles. The van der Waals surface area contributed by atoms with Crippen LogP contribution in [0.15, 0.2) is 78.9 Å². The fourth-order valence-corrected chi connectivity index (χ4v) is 11.0. The van der Waals surface area contributed by atoms with Crippen LogP contribution in [0.4, 0.5) is 0 Å². The minimum atomic E-state index is -1.68. The molecule has 0 unspecified atom stereocenters. The van der Waals surface area contributed by atoms with Gasteiger partial charge in [-0.3, -0.25) is 43.2 Å². The number of phenols is 2. The average molecular weight is 1140 g/mol. The Hall–Kier alpha value is -6.97. The van der Waals surface area contributed by atoms with Crippen LogP contribution in [0.5, 0.6) is 11.5 Å². The molecule has 79 heavy (non-hydrogen) atoms. The van der Waals surface area contributed by atoms with Crippen LogP contribution in [0.1, 0.15) is 76.0 Å². The van der Waals surface area contributed by atoms with E-state index in [9.17, 15) is 58.5 Å². The highest BCUT2D eigenvalue weighted by molar-refractivity contribution is 8.77. The highest BCUT2D eigenvalue weighted by atomic mass is 33.1. The number of rotatable bonds is 22. The van der Waals surface area contributed by atoms with Gasteiger partial charge in [-0.05, 0) is 120 Å². The van der Waals surface area contributed by atoms with E-state index in [1.165, 1.54) is 43.3 Å². The fraction of sp³-hybridized carbons (Fsp3) is 0.491. The van der Waals surface area contributed by atoms with Gasteiger partial charge >= 0.3 is 0 Å². The van der Waals surface area contributed by atoms with Crippen molar-refractivity contribution in [1.29, 1.82) is 0 Å². The Morgan fingerprint density at radius 1 is 0.646 bits per heavy atom. The summed E-state index contributed by atoms with van der Waals surface area (Å²) in [5.41, 5.74) is 25.1. The first kappa shape index (κ1) is 64.6. The molecule has 24 nitrogen and oxygen atoms in total. The van der Waals surface area contributed by atoms with Crippen molar-refractivity contribution in [3.63, 3.8) is 0 Å². The molecule has 0 spiro atoms. The minimum Gasteiger partial charge on any atom is -0.508 e. The van der Waals surface area contributed by atoms with E-state index in [1.54, 1.807) is 56.3 Å². The van der Waals surface area contributed by atoms with Gasteiger partial charge < -0.3 is 80.8 Å². The molecule has 1 aliphatic rings. The first-order valence-corrected chi connectivity index (χ1v) is 28.3. The molecule has 1 saturated heterocycles. The third-order valence-corrected chi connectivity index (χ3v) is 16.1. The predicted molar refractivity (Wildman–Crippen MR) is 299 cm³/mol. The smallest absolute Gasteiger partial charge is 0.245 e. The van der Waals surface area contributed by atoms with Gasteiger partial charge in [0.2, 0.25) is 53.2 Å².